The molecule has 5 heteroatoms. The van der Waals surface area contributed by atoms with Crippen molar-refractivity contribution in [3.8, 4) is 5.75 Å². The van der Waals surface area contributed by atoms with Gasteiger partial charge >= 0.3 is 0 Å². The van der Waals surface area contributed by atoms with Gasteiger partial charge in [-0.25, -0.2) is 0 Å². The lowest BCUT2D eigenvalue weighted by atomic mass is 9.65. The van der Waals surface area contributed by atoms with Crippen molar-refractivity contribution < 1.29 is 14.6 Å². The topological polar surface area (TPSA) is 61.8 Å². The van der Waals surface area contributed by atoms with Gasteiger partial charge in [-0.1, -0.05) is 42.5 Å². The van der Waals surface area contributed by atoms with Crippen LogP contribution in [-0.2, 0) is 11.4 Å². The number of fused-ring (bicyclic) bond motifs is 1. The highest BCUT2D eigenvalue weighted by atomic mass is 16.5. The van der Waals surface area contributed by atoms with Gasteiger partial charge in [-0.3, -0.25) is 9.69 Å². The number of nitrogens with zero attached hydrogens (tertiary/aromatic N) is 1. The molecule has 0 radical (unpaired) electrons. The largest absolute Gasteiger partial charge is 0.492 e. The van der Waals surface area contributed by atoms with E-state index in [4.69, 9.17) is 4.74 Å². The molecule has 1 saturated carbocycles. The quantitative estimate of drug-likeness (QED) is 0.739. The zero-order chi connectivity index (χ0) is 19.5. The number of piperidine rings is 1. The minimum Gasteiger partial charge on any atom is -0.492 e. The Labute approximate surface area is 166 Å². The number of aliphatic hydroxyl groups excluding tert-OH is 1. The molecule has 2 fully saturated rings. The number of carbonyl (C=O) groups excluding carboxylic acids is 1. The molecule has 1 amide bonds. The Kier molecular flexibility index (Phi) is 5.64. The molecule has 2 aromatic carbocycles. The van der Waals surface area contributed by atoms with E-state index in [-0.39, 0.29) is 24.6 Å². The molecule has 1 saturated heterocycles. The summed E-state index contributed by atoms with van der Waals surface area (Å²) in [6.45, 7) is 3.40. The zero-order valence-electron chi connectivity index (χ0n) is 16.3. The van der Waals surface area contributed by atoms with Crippen LogP contribution in [0.4, 0.5) is 0 Å². The summed E-state index contributed by atoms with van der Waals surface area (Å²) in [6.07, 6.45) is 2.32. The van der Waals surface area contributed by atoms with E-state index >= 15 is 0 Å². The molecule has 2 aliphatic rings. The Morgan fingerprint density at radius 2 is 1.93 bits per heavy atom. The van der Waals surface area contributed by atoms with Gasteiger partial charge in [0.25, 0.3) is 0 Å². The highest BCUT2D eigenvalue weighted by Gasteiger charge is 2.56. The molecule has 0 aromatic heterocycles. The molecular weight excluding hydrogens is 352 g/mol. The van der Waals surface area contributed by atoms with Crippen LogP contribution in [0.25, 0.3) is 0 Å². The van der Waals surface area contributed by atoms with Crippen LogP contribution in [-0.4, -0.2) is 41.1 Å². The average molecular weight is 380 g/mol. The summed E-state index contributed by atoms with van der Waals surface area (Å²) in [5.41, 5.74) is 1.93. The molecule has 4 rings (SSSR count). The number of carbonyl (C=O) groups is 1. The first-order valence-corrected chi connectivity index (χ1v) is 10.1. The fourth-order valence-corrected chi connectivity index (χ4v) is 4.37. The van der Waals surface area contributed by atoms with Gasteiger partial charge < -0.3 is 15.2 Å². The number of para-hydroxylation sites is 1. The van der Waals surface area contributed by atoms with Gasteiger partial charge in [0.2, 0.25) is 5.91 Å². The van der Waals surface area contributed by atoms with E-state index in [0.717, 1.165) is 29.8 Å². The summed E-state index contributed by atoms with van der Waals surface area (Å²) in [5, 5.41) is 12.3. The Morgan fingerprint density at radius 3 is 2.57 bits per heavy atom. The molecule has 1 aliphatic carbocycles. The third-order valence-corrected chi connectivity index (χ3v) is 6.13. The molecule has 1 heterocycles. The third kappa shape index (κ3) is 3.77. The third-order valence-electron chi connectivity index (χ3n) is 6.13. The predicted octanol–water partition coefficient (Wildman–Crippen LogP) is 2.90. The normalized spacial score (nSPS) is 24.4. The van der Waals surface area contributed by atoms with Gasteiger partial charge in [0, 0.05) is 12.6 Å². The Bertz CT molecular complexity index is 793. The van der Waals surface area contributed by atoms with Gasteiger partial charge in [-0.05, 0) is 48.9 Å². The van der Waals surface area contributed by atoms with Crippen LogP contribution < -0.4 is 10.1 Å². The first-order valence-electron chi connectivity index (χ1n) is 10.1. The van der Waals surface area contributed by atoms with Gasteiger partial charge in [0.05, 0.1) is 18.7 Å². The van der Waals surface area contributed by atoms with Crippen molar-refractivity contribution in [3.05, 3.63) is 65.7 Å². The van der Waals surface area contributed by atoms with E-state index in [1.807, 2.05) is 61.5 Å². The number of benzene rings is 2. The summed E-state index contributed by atoms with van der Waals surface area (Å²) in [7, 11) is 0. The lowest BCUT2D eigenvalue weighted by molar-refractivity contribution is -0.161. The lowest BCUT2D eigenvalue weighted by Gasteiger charge is -2.61. The number of nitrogens with one attached hydrogen (secondary N) is 1. The molecular formula is C23H28N2O3. The summed E-state index contributed by atoms with van der Waals surface area (Å²) in [5.74, 6) is 1.47. The van der Waals surface area contributed by atoms with E-state index in [1.54, 1.807) is 0 Å². The van der Waals surface area contributed by atoms with Crippen LogP contribution in [0.3, 0.4) is 0 Å². The van der Waals surface area contributed by atoms with Gasteiger partial charge in [0.1, 0.15) is 12.4 Å². The van der Waals surface area contributed by atoms with E-state index in [1.165, 1.54) is 6.42 Å². The highest BCUT2D eigenvalue weighted by molar-refractivity contribution is 5.84. The molecule has 1 aliphatic heterocycles. The Morgan fingerprint density at radius 1 is 1.18 bits per heavy atom. The summed E-state index contributed by atoms with van der Waals surface area (Å²) >= 11 is 0. The fraction of sp³-hybridized carbons (Fsp3) is 0.435. The molecule has 0 spiro atoms. The fourth-order valence-electron chi connectivity index (χ4n) is 4.37. The van der Waals surface area contributed by atoms with Crippen LogP contribution in [0.1, 0.15) is 36.9 Å². The maximum Gasteiger partial charge on any atom is 0.238 e. The Hall–Kier alpha value is -2.37. The van der Waals surface area contributed by atoms with Crippen LogP contribution in [0.15, 0.2) is 54.6 Å². The summed E-state index contributed by atoms with van der Waals surface area (Å²) in [4.78, 5) is 15.2. The average Bonchev–Trinajstić information content (AvgIpc) is 2.71. The number of hydrogen-bond donors (Lipinski definition) is 2. The minimum absolute atomic E-state index is 0.0339. The minimum atomic E-state index is -0.0539. The summed E-state index contributed by atoms with van der Waals surface area (Å²) < 4.78 is 5.83. The number of aliphatic hydroxyl groups is 1. The molecule has 1 unspecified atom stereocenters. The van der Waals surface area contributed by atoms with E-state index < -0.39 is 0 Å². The SMILES string of the molecule is C[C@H](NC(=O)[C@H]1C2CC[C@@H]2N1CCOc1ccccc1)c1ccc(CO)cc1. The number of amides is 1. The van der Waals surface area contributed by atoms with Crippen LogP contribution in [0.2, 0.25) is 0 Å². The highest BCUT2D eigenvalue weighted by Crippen LogP contribution is 2.47. The molecule has 4 atom stereocenters. The second kappa shape index (κ2) is 8.33. The van der Waals surface area contributed by atoms with Crippen LogP contribution in [0.5, 0.6) is 5.75 Å². The van der Waals surface area contributed by atoms with Crippen LogP contribution in [0, 0.1) is 5.92 Å². The van der Waals surface area contributed by atoms with Gasteiger partial charge in [0.15, 0.2) is 0 Å². The number of likely N-dealkylation sites (tertiary alicyclic amines) is 1. The lowest BCUT2D eigenvalue weighted by Crippen LogP contribution is -2.73. The van der Waals surface area contributed by atoms with Crippen molar-refractivity contribution in [2.75, 3.05) is 13.2 Å². The van der Waals surface area contributed by atoms with Gasteiger partial charge in [-0.15, -0.1) is 0 Å². The van der Waals surface area contributed by atoms with Crippen molar-refractivity contribution in [2.24, 2.45) is 5.92 Å². The van der Waals surface area contributed by atoms with Crippen molar-refractivity contribution in [1.29, 1.82) is 0 Å². The first kappa shape index (κ1) is 19.0. The van der Waals surface area contributed by atoms with E-state index in [0.29, 0.717) is 18.6 Å². The molecule has 28 heavy (non-hydrogen) atoms. The number of rotatable bonds is 8. The molecule has 2 aromatic rings. The number of hydrogen-bond acceptors (Lipinski definition) is 4. The predicted molar refractivity (Wildman–Crippen MR) is 108 cm³/mol. The standard InChI is InChI=1S/C23H28N2O3/c1-16(18-9-7-17(15-26)8-10-18)24-23(27)22-20-11-12-21(20)25(22)13-14-28-19-5-3-2-4-6-19/h2-10,16,20-22,26H,11-15H2,1H3,(H,24,27)/t16-,20?,21-,22+/m0/s1. The zero-order valence-corrected chi connectivity index (χ0v) is 16.3. The molecule has 5 nitrogen and oxygen atoms in total. The first-order chi connectivity index (χ1) is 13.7. The van der Waals surface area contributed by atoms with Crippen LogP contribution >= 0.6 is 0 Å². The smallest absolute Gasteiger partial charge is 0.238 e. The molecule has 2 N–H and O–H groups in total. The van der Waals surface area contributed by atoms with E-state index in [2.05, 4.69) is 10.2 Å². The molecule has 0 bridgehead atoms. The second-order valence-electron chi connectivity index (χ2n) is 7.78. The van der Waals surface area contributed by atoms with Crippen molar-refractivity contribution in [3.63, 3.8) is 0 Å². The van der Waals surface area contributed by atoms with Crippen molar-refractivity contribution >= 4 is 5.91 Å². The molecule has 148 valence electrons. The van der Waals surface area contributed by atoms with Crippen molar-refractivity contribution in [2.45, 2.75) is 44.5 Å². The second-order valence-corrected chi connectivity index (χ2v) is 7.78. The number of ether oxygens (including phenoxy) is 1. The monoisotopic (exact) mass is 380 g/mol. The van der Waals surface area contributed by atoms with Gasteiger partial charge in [-0.2, -0.15) is 0 Å². The summed E-state index contributed by atoms with van der Waals surface area (Å²) in [6, 6.07) is 18.0. The van der Waals surface area contributed by atoms with Crippen molar-refractivity contribution in [1.82, 2.24) is 10.2 Å². The maximum atomic E-state index is 12.9. The van der Waals surface area contributed by atoms with E-state index in [9.17, 15) is 9.90 Å². The maximum absolute atomic E-state index is 12.9. The Balaban J connectivity index is 1.31.